The van der Waals surface area contributed by atoms with E-state index in [0.29, 0.717) is 12.8 Å². The molecule has 2 rings (SSSR count). The Bertz CT molecular complexity index is 522. The molecule has 0 aliphatic carbocycles. The third kappa shape index (κ3) is 2.44. The first kappa shape index (κ1) is 15.0. The zero-order valence-corrected chi connectivity index (χ0v) is 13.2. The number of hydrogen-bond donors (Lipinski definition) is 1. The molecule has 5 nitrogen and oxygen atoms in total. The standard InChI is InChI=1S/C14H21N3O2S/c1-5-14(6-2)13(19)17(7-11(18)16-14)10(4)12-15-9(3)8-20-12/h8,10H,5-7H2,1-4H3,(H,16,18). The topological polar surface area (TPSA) is 62.3 Å². The summed E-state index contributed by atoms with van der Waals surface area (Å²) in [5.41, 5.74) is 0.193. The number of carbonyl (C=O) groups excluding carboxylic acids is 2. The van der Waals surface area contributed by atoms with Crippen LogP contribution in [0.4, 0.5) is 0 Å². The molecular formula is C14H21N3O2S. The minimum absolute atomic E-state index is 0.00227. The van der Waals surface area contributed by atoms with E-state index in [1.54, 1.807) is 4.90 Å². The average Bonchev–Trinajstić information content (AvgIpc) is 2.87. The highest BCUT2D eigenvalue weighted by Gasteiger charge is 2.45. The quantitative estimate of drug-likeness (QED) is 0.924. The number of carbonyl (C=O) groups is 2. The summed E-state index contributed by atoms with van der Waals surface area (Å²) in [7, 11) is 0. The summed E-state index contributed by atoms with van der Waals surface area (Å²) in [4.78, 5) is 30.8. The van der Waals surface area contributed by atoms with Crippen LogP contribution in [0.1, 0.15) is 50.4 Å². The number of aromatic nitrogens is 1. The summed E-state index contributed by atoms with van der Waals surface area (Å²) in [6, 6.07) is -0.162. The molecule has 0 bridgehead atoms. The number of nitrogens with one attached hydrogen (secondary N) is 1. The normalized spacial score (nSPS) is 19.9. The van der Waals surface area contributed by atoms with E-state index in [1.807, 2.05) is 33.1 Å². The Kier molecular flexibility index (Phi) is 4.13. The van der Waals surface area contributed by atoms with Gasteiger partial charge in [-0.2, -0.15) is 0 Å². The Hall–Kier alpha value is -1.43. The third-order valence-corrected chi connectivity index (χ3v) is 5.16. The van der Waals surface area contributed by atoms with Crippen LogP contribution in [0.5, 0.6) is 0 Å². The maximum Gasteiger partial charge on any atom is 0.249 e. The van der Waals surface area contributed by atoms with Gasteiger partial charge in [-0.1, -0.05) is 13.8 Å². The molecule has 1 aromatic heterocycles. The van der Waals surface area contributed by atoms with Crippen LogP contribution in [-0.2, 0) is 9.59 Å². The average molecular weight is 295 g/mol. The van der Waals surface area contributed by atoms with Crippen molar-refractivity contribution in [3.63, 3.8) is 0 Å². The molecule has 1 aromatic rings. The molecule has 20 heavy (non-hydrogen) atoms. The van der Waals surface area contributed by atoms with E-state index in [2.05, 4.69) is 10.3 Å². The second kappa shape index (κ2) is 5.52. The molecule has 0 radical (unpaired) electrons. The van der Waals surface area contributed by atoms with Gasteiger partial charge < -0.3 is 10.2 Å². The lowest BCUT2D eigenvalue weighted by atomic mass is 9.88. The lowest BCUT2D eigenvalue weighted by molar-refractivity contribution is -0.152. The summed E-state index contributed by atoms with van der Waals surface area (Å²) in [6.07, 6.45) is 1.21. The lowest BCUT2D eigenvalue weighted by Crippen LogP contribution is -2.66. The summed E-state index contributed by atoms with van der Waals surface area (Å²) in [6.45, 7) is 7.85. The fraction of sp³-hybridized carbons (Fsp3) is 0.643. The van der Waals surface area contributed by atoms with Crippen molar-refractivity contribution in [1.29, 1.82) is 0 Å². The van der Waals surface area contributed by atoms with E-state index in [-0.39, 0.29) is 24.4 Å². The summed E-state index contributed by atoms with van der Waals surface area (Å²) >= 11 is 1.53. The summed E-state index contributed by atoms with van der Waals surface area (Å²) in [5, 5.41) is 5.72. The van der Waals surface area contributed by atoms with Gasteiger partial charge in [-0.05, 0) is 26.7 Å². The van der Waals surface area contributed by atoms with Crippen LogP contribution in [0.2, 0.25) is 0 Å². The molecule has 1 fully saturated rings. The fourth-order valence-corrected chi connectivity index (χ4v) is 3.47. The summed E-state index contributed by atoms with van der Waals surface area (Å²) in [5.74, 6) is -0.0871. The van der Waals surface area contributed by atoms with E-state index >= 15 is 0 Å². The van der Waals surface area contributed by atoms with Crippen LogP contribution >= 0.6 is 11.3 Å². The van der Waals surface area contributed by atoms with Crippen LogP contribution in [0.25, 0.3) is 0 Å². The zero-order chi connectivity index (χ0) is 14.9. The number of aryl methyl sites for hydroxylation is 1. The Labute approximate surface area is 123 Å². The Morgan fingerprint density at radius 1 is 1.45 bits per heavy atom. The largest absolute Gasteiger partial charge is 0.340 e. The predicted molar refractivity (Wildman–Crippen MR) is 78.4 cm³/mol. The van der Waals surface area contributed by atoms with Crippen LogP contribution in [0.15, 0.2) is 5.38 Å². The van der Waals surface area contributed by atoms with Crippen molar-refractivity contribution in [1.82, 2.24) is 15.2 Å². The number of hydrogen-bond acceptors (Lipinski definition) is 4. The van der Waals surface area contributed by atoms with Gasteiger partial charge in [0.2, 0.25) is 11.8 Å². The lowest BCUT2D eigenvalue weighted by Gasteiger charge is -2.43. The molecule has 0 aromatic carbocycles. The van der Waals surface area contributed by atoms with Gasteiger partial charge in [0.1, 0.15) is 17.1 Å². The van der Waals surface area contributed by atoms with Crippen LogP contribution in [0, 0.1) is 6.92 Å². The van der Waals surface area contributed by atoms with E-state index in [1.165, 1.54) is 11.3 Å². The highest BCUT2D eigenvalue weighted by molar-refractivity contribution is 7.09. The number of piperazine rings is 1. The minimum Gasteiger partial charge on any atom is -0.340 e. The van der Waals surface area contributed by atoms with Gasteiger partial charge in [0.15, 0.2) is 0 Å². The maximum atomic E-state index is 12.8. The van der Waals surface area contributed by atoms with Crippen molar-refractivity contribution in [2.75, 3.05) is 6.54 Å². The zero-order valence-electron chi connectivity index (χ0n) is 12.4. The number of nitrogens with zero attached hydrogens (tertiary/aromatic N) is 2. The van der Waals surface area contributed by atoms with Gasteiger partial charge in [-0.25, -0.2) is 4.98 Å². The number of amides is 2. The Morgan fingerprint density at radius 3 is 2.60 bits per heavy atom. The molecule has 2 amide bonds. The molecule has 0 spiro atoms. The maximum absolute atomic E-state index is 12.8. The molecular weight excluding hydrogens is 274 g/mol. The second-order valence-corrected chi connectivity index (χ2v) is 6.16. The molecule has 1 saturated heterocycles. The molecule has 0 saturated carbocycles. The van der Waals surface area contributed by atoms with Crippen molar-refractivity contribution >= 4 is 23.2 Å². The highest BCUT2D eigenvalue weighted by Crippen LogP contribution is 2.30. The van der Waals surface area contributed by atoms with Crippen LogP contribution in [-0.4, -0.2) is 33.8 Å². The summed E-state index contributed by atoms with van der Waals surface area (Å²) < 4.78 is 0. The Balaban J connectivity index is 2.30. The van der Waals surface area contributed by atoms with Crippen molar-refractivity contribution in [2.45, 2.75) is 52.1 Å². The van der Waals surface area contributed by atoms with E-state index in [9.17, 15) is 9.59 Å². The first-order chi connectivity index (χ1) is 9.43. The SMILES string of the molecule is CCC1(CC)NC(=O)CN(C(C)c2nc(C)cs2)C1=O. The molecule has 1 atom stereocenters. The van der Waals surface area contributed by atoms with Gasteiger partial charge in [-0.15, -0.1) is 11.3 Å². The number of thiazole rings is 1. The minimum atomic E-state index is -0.754. The van der Waals surface area contributed by atoms with E-state index in [4.69, 9.17) is 0 Å². The van der Waals surface area contributed by atoms with Gasteiger partial charge in [0.25, 0.3) is 0 Å². The molecule has 1 aliphatic heterocycles. The monoisotopic (exact) mass is 295 g/mol. The van der Waals surface area contributed by atoms with Crippen LogP contribution in [0.3, 0.4) is 0 Å². The van der Waals surface area contributed by atoms with Gasteiger partial charge >= 0.3 is 0 Å². The van der Waals surface area contributed by atoms with Crippen molar-refractivity contribution in [2.24, 2.45) is 0 Å². The first-order valence-electron chi connectivity index (χ1n) is 6.97. The molecule has 6 heteroatoms. The van der Waals surface area contributed by atoms with Crippen molar-refractivity contribution < 1.29 is 9.59 Å². The molecule has 1 N–H and O–H groups in total. The fourth-order valence-electron chi connectivity index (χ4n) is 2.60. The van der Waals surface area contributed by atoms with Crippen LogP contribution < -0.4 is 5.32 Å². The second-order valence-electron chi connectivity index (χ2n) is 5.27. The predicted octanol–water partition coefficient (Wildman–Crippen LogP) is 2.03. The molecule has 1 unspecified atom stereocenters. The van der Waals surface area contributed by atoms with Crippen molar-refractivity contribution in [3.05, 3.63) is 16.1 Å². The van der Waals surface area contributed by atoms with Crippen molar-refractivity contribution in [3.8, 4) is 0 Å². The van der Waals surface area contributed by atoms with Gasteiger partial charge in [0, 0.05) is 11.1 Å². The van der Waals surface area contributed by atoms with Gasteiger partial charge in [-0.3, -0.25) is 9.59 Å². The first-order valence-corrected chi connectivity index (χ1v) is 7.85. The Morgan fingerprint density at radius 2 is 2.10 bits per heavy atom. The smallest absolute Gasteiger partial charge is 0.249 e. The number of rotatable bonds is 4. The highest BCUT2D eigenvalue weighted by atomic mass is 32.1. The third-order valence-electron chi connectivity index (χ3n) is 4.03. The van der Waals surface area contributed by atoms with E-state index < -0.39 is 5.54 Å². The molecule has 110 valence electrons. The molecule has 2 heterocycles. The molecule has 1 aliphatic rings. The van der Waals surface area contributed by atoms with E-state index in [0.717, 1.165) is 10.7 Å². The van der Waals surface area contributed by atoms with Gasteiger partial charge in [0.05, 0.1) is 6.04 Å².